The van der Waals surface area contributed by atoms with Crippen molar-refractivity contribution in [3.8, 4) is 6.07 Å². The van der Waals surface area contributed by atoms with Gasteiger partial charge >= 0.3 is 0 Å². The van der Waals surface area contributed by atoms with Crippen LogP contribution in [0.2, 0.25) is 0 Å². The molecule has 0 aliphatic heterocycles. The van der Waals surface area contributed by atoms with E-state index >= 15 is 0 Å². The zero-order valence-electron chi connectivity index (χ0n) is 10.1. The Kier molecular flexibility index (Phi) is 3.74. The molecule has 3 N–H and O–H groups in total. The monoisotopic (exact) mass is 252 g/mol. The first-order valence-corrected chi connectivity index (χ1v) is 5.68. The van der Waals surface area contributed by atoms with Crippen LogP contribution in [0.1, 0.15) is 21.6 Å². The van der Waals surface area contributed by atoms with Crippen LogP contribution in [-0.2, 0) is 6.54 Å². The molecule has 0 fully saturated rings. The zero-order chi connectivity index (χ0) is 13.7. The quantitative estimate of drug-likeness (QED) is 0.809. The van der Waals surface area contributed by atoms with Gasteiger partial charge in [-0.25, -0.2) is 4.98 Å². The first-order chi connectivity index (χ1) is 9.19. The molecule has 0 bridgehead atoms. The van der Waals surface area contributed by atoms with E-state index in [9.17, 15) is 4.79 Å². The van der Waals surface area contributed by atoms with Crippen molar-refractivity contribution in [1.82, 2.24) is 10.3 Å². The van der Waals surface area contributed by atoms with Crippen molar-refractivity contribution in [3.63, 3.8) is 0 Å². The number of anilines is 1. The second kappa shape index (κ2) is 5.65. The van der Waals surface area contributed by atoms with E-state index in [0.29, 0.717) is 17.8 Å². The lowest BCUT2D eigenvalue weighted by atomic mass is 10.2. The van der Waals surface area contributed by atoms with Gasteiger partial charge in [0.15, 0.2) is 0 Å². The molecule has 0 unspecified atom stereocenters. The van der Waals surface area contributed by atoms with E-state index < -0.39 is 0 Å². The number of nitrogens with one attached hydrogen (secondary N) is 1. The highest BCUT2D eigenvalue weighted by atomic mass is 16.1. The van der Waals surface area contributed by atoms with Gasteiger partial charge in [-0.15, -0.1) is 0 Å². The molecular formula is C14H12N4O. The summed E-state index contributed by atoms with van der Waals surface area (Å²) in [4.78, 5) is 15.7. The van der Waals surface area contributed by atoms with E-state index in [-0.39, 0.29) is 11.6 Å². The van der Waals surface area contributed by atoms with Gasteiger partial charge in [-0.05, 0) is 29.8 Å². The summed E-state index contributed by atoms with van der Waals surface area (Å²) >= 11 is 0. The van der Waals surface area contributed by atoms with Crippen molar-refractivity contribution in [3.05, 3.63) is 59.4 Å². The number of nitrogens with zero attached hydrogens (tertiary/aromatic N) is 2. The highest BCUT2D eigenvalue weighted by molar-refractivity contribution is 5.92. The lowest BCUT2D eigenvalue weighted by Crippen LogP contribution is -2.23. The summed E-state index contributed by atoms with van der Waals surface area (Å²) in [7, 11) is 0. The minimum atomic E-state index is -0.277. The maximum absolute atomic E-state index is 11.8. The predicted octanol–water partition coefficient (Wildman–Crippen LogP) is 1.47. The third kappa shape index (κ3) is 3.30. The number of aromatic nitrogens is 1. The number of pyridine rings is 1. The first-order valence-electron chi connectivity index (χ1n) is 5.68. The van der Waals surface area contributed by atoms with Crippen molar-refractivity contribution < 1.29 is 4.79 Å². The van der Waals surface area contributed by atoms with Crippen LogP contribution in [0.15, 0.2) is 42.6 Å². The van der Waals surface area contributed by atoms with Gasteiger partial charge in [0.2, 0.25) is 0 Å². The number of nitrogen functional groups attached to an aromatic ring is 1. The van der Waals surface area contributed by atoms with E-state index in [1.807, 2.05) is 18.2 Å². The summed E-state index contributed by atoms with van der Waals surface area (Å²) in [6.45, 7) is 0.404. The summed E-state index contributed by atoms with van der Waals surface area (Å²) in [5.41, 5.74) is 7.93. The van der Waals surface area contributed by atoms with Crippen molar-refractivity contribution in [1.29, 1.82) is 5.26 Å². The molecule has 5 nitrogen and oxygen atoms in total. The Morgan fingerprint density at radius 3 is 2.58 bits per heavy atom. The number of carbonyl (C=O) groups is 1. The fourth-order valence-electron chi connectivity index (χ4n) is 1.50. The molecule has 2 rings (SSSR count). The number of nitriles is 1. The highest BCUT2D eigenvalue weighted by Gasteiger charge is 2.06. The van der Waals surface area contributed by atoms with Crippen molar-refractivity contribution in [2.24, 2.45) is 0 Å². The van der Waals surface area contributed by atoms with Crippen LogP contribution in [0.25, 0.3) is 0 Å². The average molecular weight is 252 g/mol. The third-order valence-electron chi connectivity index (χ3n) is 2.56. The minimum Gasteiger partial charge on any atom is -0.399 e. The van der Waals surface area contributed by atoms with Gasteiger partial charge < -0.3 is 11.1 Å². The number of nitrogens with two attached hydrogens (primary N) is 1. The zero-order valence-corrected chi connectivity index (χ0v) is 10.1. The fourth-order valence-corrected chi connectivity index (χ4v) is 1.50. The summed E-state index contributed by atoms with van der Waals surface area (Å²) in [6, 6.07) is 12.3. The van der Waals surface area contributed by atoms with Gasteiger partial charge in [-0.1, -0.05) is 12.1 Å². The van der Waals surface area contributed by atoms with Crippen LogP contribution in [0.5, 0.6) is 0 Å². The molecule has 0 aliphatic carbocycles. The third-order valence-corrected chi connectivity index (χ3v) is 2.56. The van der Waals surface area contributed by atoms with Crippen molar-refractivity contribution >= 4 is 11.6 Å². The topological polar surface area (TPSA) is 91.8 Å². The van der Waals surface area contributed by atoms with E-state index in [4.69, 9.17) is 11.0 Å². The Morgan fingerprint density at radius 2 is 2.00 bits per heavy atom. The molecule has 0 radical (unpaired) electrons. The number of rotatable bonds is 3. The Hall–Kier alpha value is -2.87. The van der Waals surface area contributed by atoms with Gasteiger partial charge in [-0.3, -0.25) is 4.79 Å². The van der Waals surface area contributed by atoms with Gasteiger partial charge in [0, 0.05) is 18.4 Å². The first kappa shape index (κ1) is 12.6. The summed E-state index contributed by atoms with van der Waals surface area (Å²) in [6.07, 6.45) is 1.37. The van der Waals surface area contributed by atoms with Crippen molar-refractivity contribution in [2.45, 2.75) is 6.54 Å². The lowest BCUT2D eigenvalue weighted by Gasteiger charge is -2.05. The Balaban J connectivity index is 1.97. The summed E-state index contributed by atoms with van der Waals surface area (Å²) in [5, 5.41) is 11.4. The molecular weight excluding hydrogens is 240 g/mol. The van der Waals surface area contributed by atoms with Crippen LogP contribution >= 0.6 is 0 Å². The Bertz CT molecular complexity index is 611. The summed E-state index contributed by atoms with van der Waals surface area (Å²) < 4.78 is 0. The molecule has 2 aromatic rings. The van der Waals surface area contributed by atoms with Crippen LogP contribution in [-0.4, -0.2) is 10.9 Å². The number of benzene rings is 1. The average Bonchev–Trinajstić information content (AvgIpc) is 2.46. The molecule has 0 spiro atoms. The molecule has 94 valence electrons. The SMILES string of the molecule is N#Cc1ccc(C(=O)NCc2ccc(N)cc2)nc1. The molecule has 0 aliphatic rings. The molecule has 0 saturated carbocycles. The molecule has 1 aromatic carbocycles. The van der Waals surface area contributed by atoms with Crippen molar-refractivity contribution in [2.75, 3.05) is 5.73 Å². The second-order valence-corrected chi connectivity index (χ2v) is 3.97. The van der Waals surface area contributed by atoms with E-state index in [1.165, 1.54) is 12.3 Å². The maximum atomic E-state index is 11.8. The molecule has 1 aromatic heterocycles. The van der Waals surface area contributed by atoms with Gasteiger partial charge in [0.05, 0.1) is 5.56 Å². The minimum absolute atomic E-state index is 0.277. The van der Waals surface area contributed by atoms with E-state index in [2.05, 4.69) is 10.3 Å². The molecule has 1 heterocycles. The highest BCUT2D eigenvalue weighted by Crippen LogP contribution is 2.05. The van der Waals surface area contributed by atoms with Gasteiger partial charge in [0.25, 0.3) is 5.91 Å². The van der Waals surface area contributed by atoms with E-state index in [0.717, 1.165) is 5.56 Å². The predicted molar refractivity (Wildman–Crippen MR) is 71.0 cm³/mol. The molecule has 0 saturated heterocycles. The summed E-state index contributed by atoms with van der Waals surface area (Å²) in [5.74, 6) is -0.277. The van der Waals surface area contributed by atoms with Crippen LogP contribution in [0.3, 0.4) is 0 Å². The molecule has 19 heavy (non-hydrogen) atoms. The smallest absolute Gasteiger partial charge is 0.270 e. The van der Waals surface area contributed by atoms with Gasteiger partial charge in [0.1, 0.15) is 11.8 Å². The Labute approximate surface area is 110 Å². The second-order valence-electron chi connectivity index (χ2n) is 3.97. The Morgan fingerprint density at radius 1 is 1.26 bits per heavy atom. The number of hydrogen-bond acceptors (Lipinski definition) is 4. The maximum Gasteiger partial charge on any atom is 0.270 e. The molecule has 1 amide bonds. The normalized spacial score (nSPS) is 9.63. The number of amides is 1. The molecule has 5 heteroatoms. The number of hydrogen-bond donors (Lipinski definition) is 2. The standard InChI is InChI=1S/C14H12N4O/c15-7-11-3-6-13(17-9-11)14(19)18-8-10-1-4-12(16)5-2-10/h1-6,9H,8,16H2,(H,18,19). The van der Waals surface area contributed by atoms with Crippen LogP contribution in [0, 0.1) is 11.3 Å². The molecule has 0 atom stereocenters. The van der Waals surface area contributed by atoms with E-state index in [1.54, 1.807) is 18.2 Å². The van der Waals surface area contributed by atoms with Gasteiger partial charge in [-0.2, -0.15) is 5.26 Å². The number of carbonyl (C=O) groups excluding carboxylic acids is 1. The van der Waals surface area contributed by atoms with Crippen LogP contribution < -0.4 is 11.1 Å². The fraction of sp³-hybridized carbons (Fsp3) is 0.0714. The van der Waals surface area contributed by atoms with Crippen LogP contribution in [0.4, 0.5) is 5.69 Å². The largest absolute Gasteiger partial charge is 0.399 e. The lowest BCUT2D eigenvalue weighted by molar-refractivity contribution is 0.0946.